The van der Waals surface area contributed by atoms with Gasteiger partial charge in [-0.2, -0.15) is 8.75 Å². The SMILES string of the molecule is C(=C(c1ccccc1)c1ccccc1)c1ccc(-c2ccc(N(c3ccc(/C=C/c4ccc(/C=C/c5ccc(N(c6ccc(-c7ccc(C=C(c8ccccc8)c8ccccc8)cc7)cc6)c6ccc(-c7ccc(C=C(c8ccccc8)c8ccccc8)cc7)cc6)cc5)c5nsnc45)cc3)c3ccc(-c4ccc(C=C(c5ccccc5)c5ccccc5)cc4)cc3)cc2)cc1. The Hall–Kier alpha value is -17.0. The Balaban J connectivity index is 0.557. The van der Waals surface area contributed by atoms with Crippen LogP contribution in [0.3, 0.4) is 0 Å². The highest BCUT2D eigenvalue weighted by molar-refractivity contribution is 7.00. The average molecular weight is 1690 g/mol. The third-order valence-corrected chi connectivity index (χ3v) is 24.6. The number of rotatable bonds is 26. The fourth-order valence-electron chi connectivity index (χ4n) is 17.1. The van der Waals surface area contributed by atoms with Crippen LogP contribution in [0.25, 0.3) is 126 Å². The van der Waals surface area contributed by atoms with Gasteiger partial charge in [0, 0.05) is 45.3 Å². The molecule has 0 bridgehead atoms. The Morgan fingerprint density at radius 3 is 0.504 bits per heavy atom. The van der Waals surface area contributed by atoms with Gasteiger partial charge in [-0.3, -0.25) is 0 Å². The van der Waals surface area contributed by atoms with Crippen LogP contribution in [0.1, 0.15) is 89.0 Å². The summed E-state index contributed by atoms with van der Waals surface area (Å²) < 4.78 is 9.79. The molecule has 0 unspecified atom stereocenters. The Morgan fingerprint density at radius 1 is 0.160 bits per heavy atom. The molecule has 0 saturated carbocycles. The first-order valence-corrected chi connectivity index (χ1v) is 45.2. The van der Waals surface area contributed by atoms with Gasteiger partial charge in [0.25, 0.3) is 0 Å². The van der Waals surface area contributed by atoms with Gasteiger partial charge in [0.05, 0.1) is 11.7 Å². The summed E-state index contributed by atoms with van der Waals surface area (Å²) >= 11 is 1.24. The van der Waals surface area contributed by atoms with Crippen molar-refractivity contribution in [2.75, 3.05) is 9.80 Å². The van der Waals surface area contributed by atoms with E-state index in [1.54, 1.807) is 0 Å². The van der Waals surface area contributed by atoms with Crippen molar-refractivity contribution in [2.24, 2.45) is 0 Å². The van der Waals surface area contributed by atoms with Crippen molar-refractivity contribution < 1.29 is 0 Å². The summed E-state index contributed by atoms with van der Waals surface area (Å²) in [6, 6.07) is 178. The van der Waals surface area contributed by atoms with Crippen LogP contribution < -0.4 is 9.80 Å². The Labute approximate surface area is 771 Å². The molecule has 5 heteroatoms. The van der Waals surface area contributed by atoms with Crippen LogP contribution in [0.2, 0.25) is 0 Å². The van der Waals surface area contributed by atoms with Crippen LogP contribution >= 0.6 is 11.7 Å². The fraction of sp³-hybridized carbons (Fsp3) is 0. The lowest BCUT2D eigenvalue weighted by atomic mass is 9.95. The molecular weight excluding hydrogens is 1600 g/mol. The molecule has 4 nitrogen and oxygen atoms in total. The molecule has 0 radical (unpaired) electrons. The van der Waals surface area contributed by atoms with E-state index in [1.807, 2.05) is 0 Å². The van der Waals surface area contributed by atoms with Crippen molar-refractivity contribution in [2.45, 2.75) is 0 Å². The molecule has 20 rings (SSSR count). The van der Waals surface area contributed by atoms with Crippen LogP contribution in [0.15, 0.2) is 497 Å². The predicted octanol–water partition coefficient (Wildman–Crippen LogP) is 34.0. The van der Waals surface area contributed by atoms with E-state index in [0.29, 0.717) is 0 Å². The van der Waals surface area contributed by atoms with E-state index in [-0.39, 0.29) is 0 Å². The summed E-state index contributed by atoms with van der Waals surface area (Å²) in [7, 11) is 0. The highest BCUT2D eigenvalue weighted by Crippen LogP contribution is 2.42. The average Bonchev–Trinajstić information content (AvgIpc) is 1.49. The number of nitrogens with zero attached hydrogens (tertiary/aromatic N) is 4. The maximum Gasteiger partial charge on any atom is 0.112 e. The van der Waals surface area contributed by atoms with E-state index >= 15 is 0 Å². The summed E-state index contributed by atoms with van der Waals surface area (Å²) in [5.41, 5.74) is 40.0. The molecule has 0 aliphatic heterocycles. The van der Waals surface area contributed by atoms with Crippen LogP contribution in [0, 0.1) is 0 Å². The van der Waals surface area contributed by atoms with Crippen molar-refractivity contribution in [1.29, 1.82) is 0 Å². The second-order valence-corrected chi connectivity index (χ2v) is 33.1. The molecular formula is C126H90N4S. The van der Waals surface area contributed by atoms with E-state index in [0.717, 1.165) is 134 Å². The second-order valence-electron chi connectivity index (χ2n) is 32.6. The molecule has 0 amide bonds. The normalized spacial score (nSPS) is 11.1. The third-order valence-electron chi connectivity index (χ3n) is 24.1. The van der Waals surface area contributed by atoms with E-state index in [9.17, 15) is 0 Å². The molecule has 0 spiro atoms. The highest BCUT2D eigenvalue weighted by Gasteiger charge is 2.19. The van der Waals surface area contributed by atoms with Gasteiger partial charge in [-0.1, -0.05) is 449 Å². The van der Waals surface area contributed by atoms with E-state index < -0.39 is 0 Å². The van der Waals surface area contributed by atoms with E-state index in [1.165, 1.54) is 78.5 Å². The molecule has 0 N–H and O–H groups in total. The first-order valence-electron chi connectivity index (χ1n) is 44.4. The van der Waals surface area contributed by atoms with Crippen molar-refractivity contribution >= 4 is 128 Å². The molecule has 0 fully saturated rings. The molecule has 131 heavy (non-hydrogen) atoms. The molecule has 620 valence electrons. The number of aromatic nitrogens is 2. The Bertz CT molecular complexity index is 6450. The lowest BCUT2D eigenvalue weighted by Gasteiger charge is -2.26. The molecule has 1 aromatic heterocycles. The number of anilines is 6. The summed E-state index contributed by atoms with van der Waals surface area (Å²) in [4.78, 5) is 4.68. The second kappa shape index (κ2) is 39.3. The molecule has 1 heterocycles. The summed E-state index contributed by atoms with van der Waals surface area (Å²) in [6.07, 6.45) is 17.8. The minimum atomic E-state index is 0.864. The fourth-order valence-corrected chi connectivity index (χ4v) is 17.7. The topological polar surface area (TPSA) is 32.3 Å². The van der Waals surface area contributed by atoms with Crippen LogP contribution in [-0.4, -0.2) is 8.75 Å². The Kier molecular flexibility index (Phi) is 24.7. The molecule has 0 aliphatic rings. The number of benzene rings is 19. The quantitative estimate of drug-likeness (QED) is 0.0506. The zero-order chi connectivity index (χ0) is 87.7. The minimum Gasteiger partial charge on any atom is -0.311 e. The van der Waals surface area contributed by atoms with Gasteiger partial charge < -0.3 is 9.80 Å². The first kappa shape index (κ1) is 82.3. The highest BCUT2D eigenvalue weighted by atomic mass is 32.1. The molecule has 0 saturated heterocycles. The lowest BCUT2D eigenvalue weighted by Crippen LogP contribution is -2.09. The summed E-state index contributed by atoms with van der Waals surface area (Å²) in [6.45, 7) is 0. The zero-order valence-electron chi connectivity index (χ0n) is 72.2. The number of hydrogen-bond donors (Lipinski definition) is 0. The third kappa shape index (κ3) is 19.4. The molecule has 19 aromatic carbocycles. The molecule has 0 atom stereocenters. The maximum atomic E-state index is 4.89. The lowest BCUT2D eigenvalue weighted by molar-refractivity contribution is 1.28. The Morgan fingerprint density at radius 2 is 0.321 bits per heavy atom. The minimum absolute atomic E-state index is 0.864. The van der Waals surface area contributed by atoms with Crippen LogP contribution in [0.5, 0.6) is 0 Å². The predicted molar refractivity (Wildman–Crippen MR) is 559 cm³/mol. The molecule has 20 aromatic rings. The zero-order valence-corrected chi connectivity index (χ0v) is 73.0. The van der Waals surface area contributed by atoms with Crippen molar-refractivity contribution in [3.05, 3.63) is 586 Å². The van der Waals surface area contributed by atoms with Crippen molar-refractivity contribution in [1.82, 2.24) is 8.75 Å². The van der Waals surface area contributed by atoms with Gasteiger partial charge in [0.2, 0.25) is 0 Å². The van der Waals surface area contributed by atoms with E-state index in [2.05, 4.69) is 556 Å². The molecule has 0 aliphatic carbocycles. The van der Waals surface area contributed by atoms with Gasteiger partial charge >= 0.3 is 0 Å². The smallest absolute Gasteiger partial charge is 0.112 e. The van der Waals surface area contributed by atoms with Gasteiger partial charge in [0.15, 0.2) is 0 Å². The van der Waals surface area contributed by atoms with Gasteiger partial charge in [-0.15, -0.1) is 0 Å². The summed E-state index contributed by atoms with van der Waals surface area (Å²) in [5.74, 6) is 0. The summed E-state index contributed by atoms with van der Waals surface area (Å²) in [5, 5.41) is 0. The maximum absolute atomic E-state index is 4.89. The van der Waals surface area contributed by atoms with E-state index in [4.69, 9.17) is 8.75 Å². The van der Waals surface area contributed by atoms with Crippen LogP contribution in [-0.2, 0) is 0 Å². The monoisotopic (exact) mass is 1690 g/mol. The van der Waals surface area contributed by atoms with Gasteiger partial charge in [-0.25, -0.2) is 0 Å². The number of hydrogen-bond acceptors (Lipinski definition) is 5. The standard InChI is InChI=1S/C126H90N4S/c1-9-25-105(26-10-1)121(106-27-11-2-12-28-106)87-93-43-55-97(56-44-93)101-67-79-117(80-68-101)129(118-81-69-102(70-82-118)98-57-45-94(46-58-98)88-122(107-29-13-3-14-30-107)108-31-15-4-16-32-108)115-75-51-91(52-76-115)41-63-113-65-66-114(126-125(113)127-131-128-126)64-42-92-53-77-116(78-54-92)130(119-83-71-103(72-84-119)99-59-47-95(48-60-99)89-123(109-33-17-5-18-34-109)110-35-19-6-20-36-110)120-85-73-104(74-86-120)100-61-49-96(50-62-100)90-124(111-37-21-7-22-38-111)112-39-23-8-24-40-112/h1-90H/b63-41+,64-42+. The number of fused-ring (bicyclic) bond motifs is 1. The largest absolute Gasteiger partial charge is 0.311 e. The van der Waals surface area contributed by atoms with Crippen molar-refractivity contribution in [3.8, 4) is 44.5 Å². The first-order chi connectivity index (χ1) is 64.9. The van der Waals surface area contributed by atoms with Crippen LogP contribution in [0.4, 0.5) is 34.1 Å². The van der Waals surface area contributed by atoms with Gasteiger partial charge in [-0.05, 0) is 242 Å². The van der Waals surface area contributed by atoms with Gasteiger partial charge in [0.1, 0.15) is 11.0 Å². The van der Waals surface area contributed by atoms with Crippen molar-refractivity contribution in [3.63, 3.8) is 0 Å².